The van der Waals surface area contributed by atoms with Gasteiger partial charge < -0.3 is 11.1 Å². The Morgan fingerprint density at radius 1 is 1.40 bits per heavy atom. The molecule has 0 fully saturated rings. The van der Waals surface area contributed by atoms with Gasteiger partial charge in [-0.05, 0) is 31.0 Å². The Hall–Kier alpha value is -1.44. The third-order valence-electron chi connectivity index (χ3n) is 3.00. The number of primary sulfonamides is 1. The lowest BCUT2D eigenvalue weighted by Gasteiger charge is -2.14. The second kappa shape index (κ2) is 6.83. The average Bonchev–Trinajstić information content (AvgIpc) is 2.37. The van der Waals surface area contributed by atoms with Crippen molar-refractivity contribution in [2.24, 2.45) is 10.9 Å². The number of carbonyl (C=O) groups is 1. The summed E-state index contributed by atoms with van der Waals surface area (Å²) in [6.07, 6.45) is 2.42. The molecule has 5 N–H and O–H groups in total. The van der Waals surface area contributed by atoms with Gasteiger partial charge in [-0.3, -0.25) is 4.79 Å². The molecule has 7 heteroatoms. The normalized spacial score (nSPS) is 13.0. The number of aryl methyl sites for hydroxylation is 1. The highest BCUT2D eigenvalue weighted by atomic mass is 32.2. The van der Waals surface area contributed by atoms with Gasteiger partial charge in [0.1, 0.15) is 0 Å². The van der Waals surface area contributed by atoms with Gasteiger partial charge in [-0.25, -0.2) is 13.6 Å². The summed E-state index contributed by atoms with van der Waals surface area (Å²) in [5.74, 6) is -0.326. The SMILES string of the molecule is CCCCC(N)C(=O)Nc1cc(S(N)(=O)=O)ccc1C. The second-order valence-electron chi connectivity index (χ2n) is 4.76. The summed E-state index contributed by atoms with van der Waals surface area (Å²) in [7, 11) is -3.79. The zero-order valence-corrected chi connectivity index (χ0v) is 12.5. The molecular formula is C13H21N3O3S. The molecular weight excluding hydrogens is 278 g/mol. The van der Waals surface area contributed by atoms with E-state index in [0.717, 1.165) is 18.4 Å². The summed E-state index contributed by atoms with van der Waals surface area (Å²) < 4.78 is 22.6. The van der Waals surface area contributed by atoms with Crippen LogP contribution in [0.2, 0.25) is 0 Å². The van der Waals surface area contributed by atoms with Gasteiger partial charge in [0, 0.05) is 5.69 Å². The number of nitrogens with two attached hydrogens (primary N) is 2. The number of sulfonamides is 1. The molecule has 0 bridgehead atoms. The number of anilines is 1. The van der Waals surface area contributed by atoms with Crippen LogP contribution in [-0.4, -0.2) is 20.4 Å². The van der Waals surface area contributed by atoms with Crippen molar-refractivity contribution in [3.05, 3.63) is 23.8 Å². The van der Waals surface area contributed by atoms with E-state index in [-0.39, 0.29) is 10.8 Å². The Kier molecular flexibility index (Phi) is 5.67. The average molecular weight is 299 g/mol. The predicted octanol–water partition coefficient (Wildman–Crippen LogP) is 1.10. The first-order valence-electron chi connectivity index (χ1n) is 6.45. The predicted molar refractivity (Wildman–Crippen MR) is 78.7 cm³/mol. The maximum atomic E-state index is 11.9. The van der Waals surface area contributed by atoms with Gasteiger partial charge in [0.15, 0.2) is 0 Å². The number of benzene rings is 1. The molecule has 1 aromatic rings. The van der Waals surface area contributed by atoms with Crippen LogP contribution in [0.15, 0.2) is 23.1 Å². The summed E-state index contributed by atoms with van der Waals surface area (Å²) in [5, 5.41) is 7.71. The Bertz CT molecular complexity index is 585. The van der Waals surface area contributed by atoms with Crippen LogP contribution in [0.1, 0.15) is 31.7 Å². The molecule has 1 unspecified atom stereocenters. The fourth-order valence-electron chi connectivity index (χ4n) is 1.69. The molecule has 0 spiro atoms. The van der Waals surface area contributed by atoms with Crippen LogP contribution >= 0.6 is 0 Å². The molecule has 1 aromatic carbocycles. The highest BCUT2D eigenvalue weighted by molar-refractivity contribution is 7.89. The zero-order chi connectivity index (χ0) is 15.3. The number of unbranched alkanes of at least 4 members (excludes halogenated alkanes) is 1. The Balaban J connectivity index is 2.89. The van der Waals surface area contributed by atoms with Crippen molar-refractivity contribution in [1.82, 2.24) is 0 Å². The second-order valence-corrected chi connectivity index (χ2v) is 6.32. The maximum Gasteiger partial charge on any atom is 0.241 e. The van der Waals surface area contributed by atoms with E-state index in [9.17, 15) is 13.2 Å². The van der Waals surface area contributed by atoms with Gasteiger partial charge in [0.2, 0.25) is 15.9 Å². The monoisotopic (exact) mass is 299 g/mol. The van der Waals surface area contributed by atoms with Crippen molar-refractivity contribution in [3.8, 4) is 0 Å². The third-order valence-corrected chi connectivity index (χ3v) is 3.91. The van der Waals surface area contributed by atoms with Gasteiger partial charge in [0.25, 0.3) is 0 Å². The Labute approximate surface area is 119 Å². The lowest BCUT2D eigenvalue weighted by Crippen LogP contribution is -2.35. The van der Waals surface area contributed by atoms with E-state index >= 15 is 0 Å². The molecule has 0 saturated heterocycles. The minimum atomic E-state index is -3.79. The van der Waals surface area contributed by atoms with E-state index in [1.807, 2.05) is 6.92 Å². The third kappa shape index (κ3) is 4.59. The van der Waals surface area contributed by atoms with Gasteiger partial charge in [0.05, 0.1) is 10.9 Å². The molecule has 0 aliphatic carbocycles. The highest BCUT2D eigenvalue weighted by Crippen LogP contribution is 2.19. The first-order chi connectivity index (χ1) is 9.25. The highest BCUT2D eigenvalue weighted by Gasteiger charge is 2.15. The lowest BCUT2D eigenvalue weighted by atomic mass is 10.1. The lowest BCUT2D eigenvalue weighted by molar-refractivity contribution is -0.117. The van der Waals surface area contributed by atoms with E-state index in [4.69, 9.17) is 10.9 Å². The van der Waals surface area contributed by atoms with Crippen LogP contribution in [0, 0.1) is 6.92 Å². The van der Waals surface area contributed by atoms with Crippen molar-refractivity contribution in [3.63, 3.8) is 0 Å². The topological polar surface area (TPSA) is 115 Å². The molecule has 0 radical (unpaired) electrons. The molecule has 1 rings (SSSR count). The van der Waals surface area contributed by atoms with Crippen LogP contribution < -0.4 is 16.2 Å². The van der Waals surface area contributed by atoms with Gasteiger partial charge in [-0.15, -0.1) is 0 Å². The standard InChI is InChI=1S/C13H21N3O3S/c1-3-4-5-11(14)13(17)16-12-8-10(20(15,18)19)7-6-9(12)2/h6-8,11H,3-5,14H2,1-2H3,(H,16,17)(H2,15,18,19). The van der Waals surface area contributed by atoms with Crippen LogP contribution in [0.5, 0.6) is 0 Å². The summed E-state index contributed by atoms with van der Waals surface area (Å²) in [6, 6.07) is 3.73. The smallest absolute Gasteiger partial charge is 0.241 e. The van der Waals surface area contributed by atoms with Crippen molar-refractivity contribution in [2.45, 2.75) is 44.0 Å². The van der Waals surface area contributed by atoms with Crippen LogP contribution in [-0.2, 0) is 14.8 Å². The largest absolute Gasteiger partial charge is 0.324 e. The minimum Gasteiger partial charge on any atom is -0.324 e. The molecule has 1 atom stereocenters. The van der Waals surface area contributed by atoms with Crippen LogP contribution in [0.4, 0.5) is 5.69 Å². The fraction of sp³-hybridized carbons (Fsp3) is 0.462. The molecule has 0 aliphatic heterocycles. The van der Waals surface area contributed by atoms with E-state index < -0.39 is 16.1 Å². The van der Waals surface area contributed by atoms with Crippen LogP contribution in [0.25, 0.3) is 0 Å². The Morgan fingerprint density at radius 3 is 2.60 bits per heavy atom. The van der Waals surface area contributed by atoms with Gasteiger partial charge in [-0.1, -0.05) is 25.8 Å². The fourth-order valence-corrected chi connectivity index (χ4v) is 2.23. The van der Waals surface area contributed by atoms with Crippen molar-refractivity contribution in [1.29, 1.82) is 0 Å². The molecule has 1 amide bonds. The number of hydrogen-bond donors (Lipinski definition) is 3. The molecule has 112 valence electrons. The number of rotatable bonds is 6. The van der Waals surface area contributed by atoms with Gasteiger partial charge >= 0.3 is 0 Å². The first kappa shape index (κ1) is 16.6. The summed E-state index contributed by atoms with van der Waals surface area (Å²) in [4.78, 5) is 11.9. The van der Waals surface area contributed by atoms with Crippen molar-refractivity contribution >= 4 is 21.6 Å². The summed E-state index contributed by atoms with van der Waals surface area (Å²) in [5.41, 5.74) is 6.92. The van der Waals surface area contributed by atoms with E-state index in [0.29, 0.717) is 12.1 Å². The maximum absolute atomic E-state index is 11.9. The van der Waals surface area contributed by atoms with Crippen molar-refractivity contribution < 1.29 is 13.2 Å². The zero-order valence-electron chi connectivity index (χ0n) is 11.7. The van der Waals surface area contributed by atoms with Crippen molar-refractivity contribution in [2.75, 3.05) is 5.32 Å². The number of nitrogens with one attached hydrogen (secondary N) is 1. The minimum absolute atomic E-state index is 0.0412. The Morgan fingerprint density at radius 2 is 2.05 bits per heavy atom. The van der Waals surface area contributed by atoms with E-state index in [1.54, 1.807) is 13.0 Å². The summed E-state index contributed by atoms with van der Waals surface area (Å²) in [6.45, 7) is 3.78. The molecule has 20 heavy (non-hydrogen) atoms. The van der Waals surface area contributed by atoms with Crippen LogP contribution in [0.3, 0.4) is 0 Å². The van der Waals surface area contributed by atoms with E-state index in [1.165, 1.54) is 12.1 Å². The molecule has 0 heterocycles. The van der Waals surface area contributed by atoms with E-state index in [2.05, 4.69) is 5.32 Å². The molecule has 0 aliphatic rings. The number of carbonyl (C=O) groups excluding carboxylic acids is 1. The quantitative estimate of drug-likeness (QED) is 0.729. The first-order valence-corrected chi connectivity index (χ1v) is 8.00. The number of amides is 1. The summed E-state index contributed by atoms with van der Waals surface area (Å²) >= 11 is 0. The van der Waals surface area contributed by atoms with Gasteiger partial charge in [-0.2, -0.15) is 0 Å². The molecule has 0 saturated carbocycles. The molecule has 6 nitrogen and oxygen atoms in total. The molecule has 0 aromatic heterocycles. The number of hydrogen-bond acceptors (Lipinski definition) is 4.